The predicted molar refractivity (Wildman–Crippen MR) is 72.7 cm³/mol. The maximum absolute atomic E-state index is 2.67. The molecule has 0 spiro atoms. The Kier molecular flexibility index (Phi) is 2.83. The molecule has 0 unspecified atom stereocenters. The number of piperazine rings is 1. The van der Waals surface area contributed by atoms with E-state index < -0.39 is 0 Å². The van der Waals surface area contributed by atoms with Crippen LogP contribution in [-0.4, -0.2) is 37.1 Å². The molecule has 2 aliphatic rings. The molecule has 1 aliphatic carbocycles. The molecule has 0 bridgehead atoms. The van der Waals surface area contributed by atoms with E-state index in [9.17, 15) is 0 Å². The van der Waals surface area contributed by atoms with Gasteiger partial charge in [-0.3, -0.25) is 4.90 Å². The summed E-state index contributed by atoms with van der Waals surface area (Å²) in [5, 5.41) is 0. The van der Waals surface area contributed by atoms with Crippen LogP contribution in [0.3, 0.4) is 0 Å². The van der Waals surface area contributed by atoms with Gasteiger partial charge in [-0.05, 0) is 38.3 Å². The lowest BCUT2D eigenvalue weighted by molar-refractivity contribution is 0.248. The summed E-state index contributed by atoms with van der Waals surface area (Å²) in [6.07, 6.45) is 2.87. The first-order chi connectivity index (χ1) is 8.24. The van der Waals surface area contributed by atoms with Crippen LogP contribution < -0.4 is 4.90 Å². The molecular weight excluding hydrogens is 208 g/mol. The number of aryl methyl sites for hydroxylation is 2. The number of rotatable bonds is 2. The molecule has 1 aromatic rings. The van der Waals surface area contributed by atoms with Crippen molar-refractivity contribution in [3.8, 4) is 0 Å². The second-order valence-electron chi connectivity index (χ2n) is 5.54. The topological polar surface area (TPSA) is 6.48 Å². The zero-order valence-electron chi connectivity index (χ0n) is 10.9. The number of anilines is 1. The van der Waals surface area contributed by atoms with Crippen LogP contribution in [0.4, 0.5) is 5.69 Å². The van der Waals surface area contributed by atoms with Gasteiger partial charge in [-0.2, -0.15) is 0 Å². The van der Waals surface area contributed by atoms with E-state index in [2.05, 4.69) is 41.8 Å². The van der Waals surface area contributed by atoms with E-state index in [4.69, 9.17) is 0 Å². The van der Waals surface area contributed by atoms with Crippen molar-refractivity contribution in [1.82, 2.24) is 4.90 Å². The van der Waals surface area contributed by atoms with E-state index >= 15 is 0 Å². The molecule has 0 aromatic heterocycles. The van der Waals surface area contributed by atoms with Crippen LogP contribution in [0.1, 0.15) is 24.0 Å². The highest BCUT2D eigenvalue weighted by atomic mass is 15.3. The summed E-state index contributed by atoms with van der Waals surface area (Å²) in [4.78, 5) is 5.22. The van der Waals surface area contributed by atoms with Crippen molar-refractivity contribution in [3.05, 3.63) is 29.3 Å². The lowest BCUT2D eigenvalue weighted by Gasteiger charge is -2.37. The van der Waals surface area contributed by atoms with Crippen LogP contribution in [0.5, 0.6) is 0 Å². The Morgan fingerprint density at radius 1 is 1.00 bits per heavy atom. The molecule has 1 heterocycles. The molecule has 0 radical (unpaired) electrons. The molecule has 1 aromatic carbocycles. The molecule has 0 N–H and O–H groups in total. The fourth-order valence-corrected chi connectivity index (χ4v) is 2.93. The maximum Gasteiger partial charge on any atom is 0.0396 e. The SMILES string of the molecule is Cc1ccc(N2CCN(C3CC3)CC2)c(C)c1. The molecule has 1 aliphatic heterocycles. The Morgan fingerprint density at radius 2 is 1.71 bits per heavy atom. The highest BCUT2D eigenvalue weighted by Gasteiger charge is 2.31. The second-order valence-corrected chi connectivity index (χ2v) is 5.54. The average Bonchev–Trinajstić information content (AvgIpc) is 3.13. The van der Waals surface area contributed by atoms with Crippen LogP contribution in [0.15, 0.2) is 18.2 Å². The third kappa shape index (κ3) is 2.32. The van der Waals surface area contributed by atoms with E-state index in [-0.39, 0.29) is 0 Å². The molecule has 1 saturated carbocycles. The summed E-state index contributed by atoms with van der Waals surface area (Å²) in [5.41, 5.74) is 4.22. The van der Waals surface area contributed by atoms with E-state index in [1.807, 2.05) is 0 Å². The number of benzene rings is 1. The first kappa shape index (κ1) is 11.1. The zero-order chi connectivity index (χ0) is 11.8. The Balaban J connectivity index is 1.68. The Bertz CT molecular complexity index is 401. The van der Waals surface area contributed by atoms with Crippen LogP contribution in [0.2, 0.25) is 0 Å². The Hall–Kier alpha value is -1.02. The van der Waals surface area contributed by atoms with Gasteiger partial charge in [-0.25, -0.2) is 0 Å². The summed E-state index contributed by atoms with van der Waals surface area (Å²) in [5.74, 6) is 0. The molecular formula is C15H22N2. The number of hydrogen-bond donors (Lipinski definition) is 0. The van der Waals surface area contributed by atoms with E-state index in [1.165, 1.54) is 55.8 Å². The van der Waals surface area contributed by atoms with Crippen LogP contribution in [-0.2, 0) is 0 Å². The fourth-order valence-electron chi connectivity index (χ4n) is 2.93. The first-order valence-corrected chi connectivity index (χ1v) is 6.80. The quantitative estimate of drug-likeness (QED) is 0.770. The van der Waals surface area contributed by atoms with Crippen molar-refractivity contribution in [2.45, 2.75) is 32.7 Å². The largest absolute Gasteiger partial charge is 0.369 e. The van der Waals surface area contributed by atoms with E-state index in [0.717, 1.165) is 6.04 Å². The van der Waals surface area contributed by atoms with Gasteiger partial charge in [0, 0.05) is 37.9 Å². The summed E-state index contributed by atoms with van der Waals surface area (Å²) < 4.78 is 0. The predicted octanol–water partition coefficient (Wildman–Crippen LogP) is 2.59. The smallest absolute Gasteiger partial charge is 0.0396 e. The highest BCUT2D eigenvalue weighted by molar-refractivity contribution is 5.54. The second kappa shape index (κ2) is 4.34. The maximum atomic E-state index is 2.67. The summed E-state index contributed by atoms with van der Waals surface area (Å²) in [6.45, 7) is 9.29. The minimum absolute atomic E-state index is 0.927. The standard InChI is InChI=1S/C15H22N2/c1-12-3-6-15(13(2)11-12)17-9-7-16(8-10-17)14-4-5-14/h3,6,11,14H,4-5,7-10H2,1-2H3. The van der Waals surface area contributed by atoms with Gasteiger partial charge in [0.1, 0.15) is 0 Å². The molecule has 2 nitrogen and oxygen atoms in total. The minimum Gasteiger partial charge on any atom is -0.369 e. The van der Waals surface area contributed by atoms with E-state index in [0.29, 0.717) is 0 Å². The van der Waals surface area contributed by atoms with Gasteiger partial charge < -0.3 is 4.90 Å². The zero-order valence-corrected chi connectivity index (χ0v) is 10.9. The molecule has 0 amide bonds. The lowest BCUT2D eigenvalue weighted by Crippen LogP contribution is -2.47. The van der Waals surface area contributed by atoms with Gasteiger partial charge >= 0.3 is 0 Å². The summed E-state index contributed by atoms with van der Waals surface area (Å²) >= 11 is 0. The molecule has 17 heavy (non-hydrogen) atoms. The van der Waals surface area contributed by atoms with Crippen molar-refractivity contribution in [2.24, 2.45) is 0 Å². The van der Waals surface area contributed by atoms with Crippen LogP contribution >= 0.6 is 0 Å². The third-order valence-corrected chi connectivity index (χ3v) is 4.07. The molecule has 1 saturated heterocycles. The third-order valence-electron chi connectivity index (χ3n) is 4.07. The fraction of sp³-hybridized carbons (Fsp3) is 0.600. The summed E-state index contributed by atoms with van der Waals surface area (Å²) in [6, 6.07) is 7.74. The molecule has 0 atom stereocenters. The number of hydrogen-bond acceptors (Lipinski definition) is 2. The van der Waals surface area contributed by atoms with E-state index in [1.54, 1.807) is 0 Å². The van der Waals surface area contributed by atoms with Gasteiger partial charge in [-0.15, -0.1) is 0 Å². The Morgan fingerprint density at radius 3 is 2.29 bits per heavy atom. The van der Waals surface area contributed by atoms with Crippen molar-refractivity contribution < 1.29 is 0 Å². The van der Waals surface area contributed by atoms with Gasteiger partial charge in [0.05, 0.1) is 0 Å². The van der Waals surface area contributed by atoms with Gasteiger partial charge in [0.2, 0.25) is 0 Å². The van der Waals surface area contributed by atoms with Crippen molar-refractivity contribution in [1.29, 1.82) is 0 Å². The molecule has 2 fully saturated rings. The normalized spacial score (nSPS) is 21.9. The van der Waals surface area contributed by atoms with Crippen molar-refractivity contribution in [3.63, 3.8) is 0 Å². The lowest BCUT2D eigenvalue weighted by atomic mass is 10.1. The van der Waals surface area contributed by atoms with Crippen molar-refractivity contribution >= 4 is 5.69 Å². The van der Waals surface area contributed by atoms with Crippen molar-refractivity contribution in [2.75, 3.05) is 31.1 Å². The van der Waals surface area contributed by atoms with Gasteiger partial charge in [0.25, 0.3) is 0 Å². The molecule has 2 heteroatoms. The van der Waals surface area contributed by atoms with Gasteiger partial charge in [-0.1, -0.05) is 17.7 Å². The number of nitrogens with zero attached hydrogens (tertiary/aromatic N) is 2. The van der Waals surface area contributed by atoms with Gasteiger partial charge in [0.15, 0.2) is 0 Å². The summed E-state index contributed by atoms with van der Waals surface area (Å²) in [7, 11) is 0. The van der Waals surface area contributed by atoms with Crippen LogP contribution in [0.25, 0.3) is 0 Å². The molecule has 3 rings (SSSR count). The highest BCUT2D eigenvalue weighted by Crippen LogP contribution is 2.29. The monoisotopic (exact) mass is 230 g/mol. The Labute approximate surface area is 104 Å². The average molecular weight is 230 g/mol. The molecule has 92 valence electrons. The van der Waals surface area contributed by atoms with Crippen LogP contribution in [0, 0.1) is 13.8 Å². The first-order valence-electron chi connectivity index (χ1n) is 6.80. The minimum atomic E-state index is 0.927.